The molecule has 0 saturated carbocycles. The lowest BCUT2D eigenvalue weighted by Gasteiger charge is -2.10. The van der Waals surface area contributed by atoms with Crippen LogP contribution in [0.2, 0.25) is 0 Å². The van der Waals surface area contributed by atoms with Gasteiger partial charge in [0.1, 0.15) is 24.7 Å². The minimum absolute atomic E-state index is 0.130. The number of amides is 2. The number of carbonyl (C=O) groups excluding carboxylic acids is 2. The highest BCUT2D eigenvalue weighted by atomic mass is 16.5. The van der Waals surface area contributed by atoms with Crippen LogP contribution in [0.3, 0.4) is 0 Å². The van der Waals surface area contributed by atoms with Crippen molar-refractivity contribution in [2.75, 3.05) is 23.8 Å². The monoisotopic (exact) mass is 328 g/mol. The fourth-order valence-electron chi connectivity index (χ4n) is 2.05. The van der Waals surface area contributed by atoms with E-state index in [1.54, 1.807) is 36.4 Å². The van der Waals surface area contributed by atoms with Gasteiger partial charge in [-0.25, -0.2) is 0 Å². The smallest absolute Gasteiger partial charge is 0.221 e. The van der Waals surface area contributed by atoms with Crippen LogP contribution in [0.15, 0.2) is 48.5 Å². The van der Waals surface area contributed by atoms with Crippen molar-refractivity contribution in [1.29, 1.82) is 0 Å². The molecule has 0 radical (unpaired) electrons. The summed E-state index contributed by atoms with van der Waals surface area (Å²) < 4.78 is 11.2. The van der Waals surface area contributed by atoms with Crippen molar-refractivity contribution in [1.82, 2.24) is 0 Å². The third kappa shape index (κ3) is 6.00. The van der Waals surface area contributed by atoms with Gasteiger partial charge in [-0.05, 0) is 24.3 Å². The Morgan fingerprint density at radius 2 is 1.21 bits per heavy atom. The van der Waals surface area contributed by atoms with E-state index in [-0.39, 0.29) is 11.8 Å². The zero-order chi connectivity index (χ0) is 17.4. The molecule has 2 aromatic carbocycles. The Morgan fingerprint density at radius 3 is 1.58 bits per heavy atom. The quantitative estimate of drug-likeness (QED) is 0.766. The number of hydrogen-bond acceptors (Lipinski definition) is 4. The number of hydrogen-bond donors (Lipinski definition) is 2. The maximum atomic E-state index is 11.0. The summed E-state index contributed by atoms with van der Waals surface area (Å²) in [5.41, 5.74) is 1.37. The molecule has 2 N–H and O–H groups in total. The van der Waals surface area contributed by atoms with Crippen LogP contribution in [0.1, 0.15) is 13.8 Å². The van der Waals surface area contributed by atoms with E-state index in [2.05, 4.69) is 10.6 Å². The second-order valence-corrected chi connectivity index (χ2v) is 5.11. The van der Waals surface area contributed by atoms with Gasteiger partial charge in [-0.2, -0.15) is 0 Å². The van der Waals surface area contributed by atoms with E-state index < -0.39 is 0 Å². The van der Waals surface area contributed by atoms with Crippen LogP contribution in [-0.4, -0.2) is 25.0 Å². The zero-order valence-corrected chi connectivity index (χ0v) is 13.7. The normalized spacial score (nSPS) is 9.92. The van der Waals surface area contributed by atoms with Gasteiger partial charge >= 0.3 is 0 Å². The molecule has 0 saturated heterocycles. The molecular formula is C18H20N2O4. The molecule has 24 heavy (non-hydrogen) atoms. The van der Waals surface area contributed by atoms with Gasteiger partial charge in [0, 0.05) is 37.4 Å². The van der Waals surface area contributed by atoms with Crippen molar-refractivity contribution in [2.45, 2.75) is 13.8 Å². The first-order valence-corrected chi connectivity index (χ1v) is 7.54. The first-order chi connectivity index (χ1) is 11.5. The van der Waals surface area contributed by atoms with Crippen LogP contribution in [-0.2, 0) is 9.59 Å². The average Bonchev–Trinajstić information content (AvgIpc) is 2.51. The highest BCUT2D eigenvalue weighted by Gasteiger charge is 2.01. The second kappa shape index (κ2) is 8.57. The third-order valence-corrected chi connectivity index (χ3v) is 2.93. The minimum atomic E-state index is -0.130. The van der Waals surface area contributed by atoms with Crippen LogP contribution in [0.5, 0.6) is 11.5 Å². The molecule has 0 atom stereocenters. The van der Waals surface area contributed by atoms with Gasteiger partial charge in [0.15, 0.2) is 0 Å². The van der Waals surface area contributed by atoms with Crippen molar-refractivity contribution < 1.29 is 19.1 Å². The molecule has 2 aromatic rings. The standard InChI is InChI=1S/C18H20N2O4/c1-13(21)19-15-5-3-7-17(11-15)23-9-10-24-18-8-4-6-16(12-18)20-14(2)22/h3-8,11-12H,9-10H2,1-2H3,(H,19,21)(H,20,22). The molecule has 0 aromatic heterocycles. The number of carbonyl (C=O) groups is 2. The molecule has 0 aliphatic rings. The Bertz CT molecular complexity index is 654. The van der Waals surface area contributed by atoms with E-state index in [9.17, 15) is 9.59 Å². The van der Waals surface area contributed by atoms with Gasteiger partial charge in [-0.15, -0.1) is 0 Å². The summed E-state index contributed by atoms with van der Waals surface area (Å²) in [5, 5.41) is 5.40. The van der Waals surface area contributed by atoms with E-state index in [1.807, 2.05) is 12.1 Å². The Hall–Kier alpha value is -3.02. The van der Waals surface area contributed by atoms with Gasteiger partial charge in [0.2, 0.25) is 11.8 Å². The van der Waals surface area contributed by atoms with Crippen molar-refractivity contribution >= 4 is 23.2 Å². The molecule has 6 heteroatoms. The summed E-state index contributed by atoms with van der Waals surface area (Å²) in [6, 6.07) is 14.3. The fourth-order valence-corrected chi connectivity index (χ4v) is 2.05. The maximum absolute atomic E-state index is 11.0. The molecule has 0 bridgehead atoms. The number of rotatable bonds is 7. The first-order valence-electron chi connectivity index (χ1n) is 7.54. The zero-order valence-electron chi connectivity index (χ0n) is 13.7. The number of nitrogens with one attached hydrogen (secondary N) is 2. The van der Waals surface area contributed by atoms with E-state index in [0.717, 1.165) is 0 Å². The topological polar surface area (TPSA) is 76.7 Å². The molecule has 0 fully saturated rings. The Kier molecular flexibility index (Phi) is 6.19. The Morgan fingerprint density at radius 1 is 0.792 bits per heavy atom. The lowest BCUT2D eigenvalue weighted by atomic mass is 10.3. The lowest BCUT2D eigenvalue weighted by molar-refractivity contribution is -0.115. The highest BCUT2D eigenvalue weighted by Crippen LogP contribution is 2.19. The van der Waals surface area contributed by atoms with E-state index >= 15 is 0 Å². The predicted molar refractivity (Wildman–Crippen MR) is 92.5 cm³/mol. The number of anilines is 2. The summed E-state index contributed by atoms with van der Waals surface area (Å²) in [6.45, 7) is 3.62. The lowest BCUT2D eigenvalue weighted by Crippen LogP contribution is -2.10. The SMILES string of the molecule is CC(=O)Nc1cccc(OCCOc2cccc(NC(C)=O)c2)c1. The second-order valence-electron chi connectivity index (χ2n) is 5.11. The third-order valence-electron chi connectivity index (χ3n) is 2.93. The summed E-state index contributed by atoms with van der Waals surface area (Å²) in [7, 11) is 0. The Balaban J connectivity index is 1.80. The van der Waals surface area contributed by atoms with Crippen LogP contribution >= 0.6 is 0 Å². The van der Waals surface area contributed by atoms with Gasteiger partial charge in [0.25, 0.3) is 0 Å². The molecule has 0 heterocycles. The van der Waals surface area contributed by atoms with E-state index in [0.29, 0.717) is 36.1 Å². The van der Waals surface area contributed by atoms with Gasteiger partial charge < -0.3 is 20.1 Å². The molecule has 2 rings (SSSR count). The summed E-state index contributed by atoms with van der Waals surface area (Å²) in [6.07, 6.45) is 0. The molecule has 0 spiro atoms. The first kappa shape index (κ1) is 17.3. The van der Waals surface area contributed by atoms with Crippen molar-refractivity contribution in [2.24, 2.45) is 0 Å². The minimum Gasteiger partial charge on any atom is -0.490 e. The predicted octanol–water partition coefficient (Wildman–Crippen LogP) is 3.06. The van der Waals surface area contributed by atoms with Crippen molar-refractivity contribution in [3.63, 3.8) is 0 Å². The molecule has 2 amide bonds. The van der Waals surface area contributed by atoms with Gasteiger partial charge in [-0.1, -0.05) is 12.1 Å². The molecular weight excluding hydrogens is 308 g/mol. The van der Waals surface area contributed by atoms with E-state index in [1.165, 1.54) is 13.8 Å². The van der Waals surface area contributed by atoms with Crippen molar-refractivity contribution in [3.05, 3.63) is 48.5 Å². The van der Waals surface area contributed by atoms with Crippen LogP contribution in [0.25, 0.3) is 0 Å². The largest absolute Gasteiger partial charge is 0.490 e. The summed E-state index contributed by atoms with van der Waals surface area (Å²) >= 11 is 0. The van der Waals surface area contributed by atoms with Crippen LogP contribution < -0.4 is 20.1 Å². The molecule has 6 nitrogen and oxygen atoms in total. The summed E-state index contributed by atoms with van der Waals surface area (Å²) in [5.74, 6) is 1.04. The maximum Gasteiger partial charge on any atom is 0.221 e. The molecule has 0 unspecified atom stereocenters. The molecule has 0 aliphatic carbocycles. The molecule has 0 aliphatic heterocycles. The van der Waals surface area contributed by atoms with Crippen LogP contribution in [0, 0.1) is 0 Å². The summed E-state index contributed by atoms with van der Waals surface area (Å²) in [4.78, 5) is 22.1. The van der Waals surface area contributed by atoms with Gasteiger partial charge in [0.05, 0.1) is 0 Å². The Labute approximate surface area is 140 Å². The highest BCUT2D eigenvalue weighted by molar-refractivity contribution is 5.89. The number of ether oxygens (including phenoxy) is 2. The van der Waals surface area contributed by atoms with Crippen molar-refractivity contribution in [3.8, 4) is 11.5 Å². The van der Waals surface area contributed by atoms with E-state index in [4.69, 9.17) is 9.47 Å². The molecule has 126 valence electrons. The number of benzene rings is 2. The van der Waals surface area contributed by atoms with Crippen LogP contribution in [0.4, 0.5) is 11.4 Å². The van der Waals surface area contributed by atoms with Gasteiger partial charge in [-0.3, -0.25) is 9.59 Å². The average molecular weight is 328 g/mol. The fraction of sp³-hybridized carbons (Fsp3) is 0.222.